The van der Waals surface area contributed by atoms with Gasteiger partial charge in [0.25, 0.3) is 5.56 Å². The van der Waals surface area contributed by atoms with Crippen LogP contribution in [0.1, 0.15) is 18.4 Å². The number of nitrogens with one attached hydrogen (secondary N) is 1. The third-order valence-corrected chi connectivity index (χ3v) is 5.61. The molecule has 0 fully saturated rings. The first-order chi connectivity index (χ1) is 16.1. The minimum atomic E-state index is -0.128. The Kier molecular flexibility index (Phi) is 5.44. The highest BCUT2D eigenvalue weighted by molar-refractivity contribution is 5.94. The van der Waals surface area contributed by atoms with Gasteiger partial charge in [-0.3, -0.25) is 18.6 Å². The summed E-state index contributed by atoms with van der Waals surface area (Å²) in [7, 11) is 0. The monoisotopic (exact) mass is 437 g/mol. The number of aryl methyl sites for hydroxylation is 2. The van der Waals surface area contributed by atoms with Crippen LogP contribution in [-0.2, 0) is 11.3 Å². The van der Waals surface area contributed by atoms with E-state index in [2.05, 4.69) is 10.3 Å². The van der Waals surface area contributed by atoms with Gasteiger partial charge < -0.3 is 5.32 Å². The van der Waals surface area contributed by atoms with Crippen LogP contribution in [0.25, 0.3) is 27.8 Å². The van der Waals surface area contributed by atoms with Crippen LogP contribution in [0.4, 0.5) is 5.82 Å². The van der Waals surface area contributed by atoms with Crippen LogP contribution in [0.3, 0.4) is 0 Å². The van der Waals surface area contributed by atoms with Gasteiger partial charge in [0.2, 0.25) is 5.91 Å². The molecule has 0 aliphatic rings. The normalized spacial score (nSPS) is 11.2. The molecule has 7 heteroatoms. The largest absolute Gasteiger partial charge is 0.310 e. The van der Waals surface area contributed by atoms with E-state index in [-0.39, 0.29) is 17.9 Å². The summed E-state index contributed by atoms with van der Waals surface area (Å²) in [5.74, 6) is 0.520. The van der Waals surface area contributed by atoms with E-state index < -0.39 is 0 Å². The van der Waals surface area contributed by atoms with Crippen molar-refractivity contribution in [2.75, 3.05) is 5.32 Å². The predicted octanol–water partition coefficient (Wildman–Crippen LogP) is 4.44. The molecule has 5 aromatic rings. The lowest BCUT2D eigenvalue weighted by Gasteiger charge is -2.09. The summed E-state index contributed by atoms with van der Waals surface area (Å²) < 4.78 is 3.47. The molecule has 0 aliphatic heterocycles. The number of imidazole rings is 1. The number of pyridine rings is 1. The van der Waals surface area contributed by atoms with Crippen molar-refractivity contribution in [3.05, 3.63) is 95.2 Å². The van der Waals surface area contributed by atoms with E-state index in [1.807, 2.05) is 78.2 Å². The van der Waals surface area contributed by atoms with E-state index in [1.54, 1.807) is 17.0 Å². The molecule has 0 saturated carbocycles. The zero-order valence-electron chi connectivity index (χ0n) is 18.2. The molecular weight excluding hydrogens is 414 g/mol. The van der Waals surface area contributed by atoms with Crippen LogP contribution in [0.2, 0.25) is 0 Å². The molecule has 0 spiro atoms. The van der Waals surface area contributed by atoms with Crippen molar-refractivity contribution in [3.63, 3.8) is 0 Å². The zero-order chi connectivity index (χ0) is 22.8. The highest BCUT2D eigenvalue weighted by Crippen LogP contribution is 2.29. The first-order valence-corrected chi connectivity index (χ1v) is 10.9. The second-order valence-electron chi connectivity index (χ2n) is 8.02. The lowest BCUT2D eigenvalue weighted by atomic mass is 10.1. The molecule has 5 rings (SSSR count). The second kappa shape index (κ2) is 8.70. The number of carbonyl (C=O) groups is 1. The van der Waals surface area contributed by atoms with E-state index in [0.717, 1.165) is 22.5 Å². The lowest BCUT2D eigenvalue weighted by molar-refractivity contribution is -0.116. The van der Waals surface area contributed by atoms with E-state index in [4.69, 9.17) is 4.98 Å². The Labute approximate surface area is 190 Å². The summed E-state index contributed by atoms with van der Waals surface area (Å²) in [6, 6.07) is 21.0. The highest BCUT2D eigenvalue weighted by Gasteiger charge is 2.16. The molecule has 33 heavy (non-hydrogen) atoms. The SMILES string of the molecule is Cc1ccc2nc(-c3ccccc3)c(NC(=O)CCCn3cnc4ccccc4c3=O)n2c1. The number of aromatic nitrogens is 4. The quantitative estimate of drug-likeness (QED) is 0.426. The average molecular weight is 438 g/mol. The van der Waals surface area contributed by atoms with Crippen LogP contribution in [0.15, 0.2) is 84.0 Å². The first-order valence-electron chi connectivity index (χ1n) is 10.9. The summed E-state index contributed by atoms with van der Waals surface area (Å²) in [6.07, 6.45) is 4.29. The summed E-state index contributed by atoms with van der Waals surface area (Å²) >= 11 is 0. The average Bonchev–Trinajstić information content (AvgIpc) is 3.18. The molecule has 3 aromatic heterocycles. The standard InChI is InChI=1S/C26H23N5O2/c1-18-13-14-22-28-24(19-8-3-2-4-9-19)25(31(22)16-18)29-23(32)12-7-15-30-17-27-21-11-6-5-10-20(21)26(30)33/h2-6,8-11,13-14,16-17H,7,12,15H2,1H3,(H,29,32). The van der Waals surface area contributed by atoms with Crippen molar-refractivity contribution in [2.24, 2.45) is 0 Å². The van der Waals surface area contributed by atoms with E-state index in [9.17, 15) is 9.59 Å². The smallest absolute Gasteiger partial charge is 0.261 e. The Morgan fingerprint density at radius 2 is 1.79 bits per heavy atom. The van der Waals surface area contributed by atoms with Crippen molar-refractivity contribution in [3.8, 4) is 11.3 Å². The van der Waals surface area contributed by atoms with Crippen LogP contribution in [0, 0.1) is 6.92 Å². The van der Waals surface area contributed by atoms with Crippen LogP contribution >= 0.6 is 0 Å². The Hall–Kier alpha value is -4.26. The summed E-state index contributed by atoms with van der Waals surface area (Å²) in [4.78, 5) is 34.6. The molecule has 2 aromatic carbocycles. The Bertz CT molecular complexity index is 1520. The highest BCUT2D eigenvalue weighted by atomic mass is 16.1. The van der Waals surface area contributed by atoms with Gasteiger partial charge in [-0.1, -0.05) is 48.5 Å². The van der Waals surface area contributed by atoms with Gasteiger partial charge in [-0.25, -0.2) is 9.97 Å². The molecule has 1 amide bonds. The van der Waals surface area contributed by atoms with Crippen LogP contribution in [0.5, 0.6) is 0 Å². The van der Waals surface area contributed by atoms with Crippen LogP contribution < -0.4 is 10.9 Å². The minimum Gasteiger partial charge on any atom is -0.310 e. The third kappa shape index (κ3) is 4.13. The first kappa shape index (κ1) is 20.6. The fraction of sp³-hybridized carbons (Fsp3) is 0.154. The fourth-order valence-electron chi connectivity index (χ4n) is 3.94. The molecule has 0 aliphatic carbocycles. The maximum absolute atomic E-state index is 12.9. The van der Waals surface area contributed by atoms with Gasteiger partial charge in [0.15, 0.2) is 0 Å². The molecule has 7 nitrogen and oxygen atoms in total. The van der Waals surface area contributed by atoms with Crippen molar-refractivity contribution in [1.82, 2.24) is 18.9 Å². The maximum Gasteiger partial charge on any atom is 0.261 e. The van der Waals surface area contributed by atoms with E-state index in [1.165, 1.54) is 0 Å². The van der Waals surface area contributed by atoms with Crippen molar-refractivity contribution >= 4 is 28.3 Å². The number of para-hydroxylation sites is 1. The van der Waals surface area contributed by atoms with Gasteiger partial charge in [-0.05, 0) is 37.1 Å². The number of hydrogen-bond donors (Lipinski definition) is 1. The Balaban J connectivity index is 1.35. The Morgan fingerprint density at radius 1 is 1.00 bits per heavy atom. The molecule has 3 heterocycles. The lowest BCUT2D eigenvalue weighted by Crippen LogP contribution is -2.22. The minimum absolute atomic E-state index is 0.0929. The molecular formula is C26H23N5O2. The number of nitrogens with zero attached hydrogens (tertiary/aromatic N) is 4. The fourth-order valence-corrected chi connectivity index (χ4v) is 3.94. The van der Waals surface area contributed by atoms with Gasteiger partial charge >= 0.3 is 0 Å². The molecule has 0 atom stereocenters. The molecule has 164 valence electrons. The Morgan fingerprint density at radius 3 is 2.64 bits per heavy atom. The number of carbonyl (C=O) groups excluding carboxylic acids is 1. The molecule has 1 N–H and O–H groups in total. The summed E-state index contributed by atoms with van der Waals surface area (Å²) in [6.45, 7) is 2.42. The zero-order valence-corrected chi connectivity index (χ0v) is 18.2. The summed E-state index contributed by atoms with van der Waals surface area (Å²) in [5.41, 5.74) is 4.08. The second-order valence-corrected chi connectivity index (χ2v) is 8.02. The molecule has 0 unspecified atom stereocenters. The van der Waals surface area contributed by atoms with Gasteiger partial charge in [-0.15, -0.1) is 0 Å². The topological polar surface area (TPSA) is 81.3 Å². The van der Waals surface area contributed by atoms with Gasteiger partial charge in [0, 0.05) is 24.7 Å². The van der Waals surface area contributed by atoms with Crippen LogP contribution in [-0.4, -0.2) is 24.8 Å². The van der Waals surface area contributed by atoms with Gasteiger partial charge in [0.05, 0.1) is 17.2 Å². The van der Waals surface area contributed by atoms with Crippen molar-refractivity contribution < 1.29 is 4.79 Å². The number of anilines is 1. The predicted molar refractivity (Wildman–Crippen MR) is 129 cm³/mol. The summed E-state index contributed by atoms with van der Waals surface area (Å²) in [5, 5.41) is 3.63. The number of hydrogen-bond acceptors (Lipinski definition) is 4. The van der Waals surface area contributed by atoms with Gasteiger partial charge in [0.1, 0.15) is 17.2 Å². The van der Waals surface area contributed by atoms with E-state index in [0.29, 0.717) is 29.7 Å². The number of fused-ring (bicyclic) bond motifs is 2. The van der Waals surface area contributed by atoms with Gasteiger partial charge in [-0.2, -0.15) is 0 Å². The molecule has 0 saturated heterocycles. The molecule has 0 radical (unpaired) electrons. The van der Waals surface area contributed by atoms with Crippen molar-refractivity contribution in [1.29, 1.82) is 0 Å². The van der Waals surface area contributed by atoms with Crippen molar-refractivity contribution in [2.45, 2.75) is 26.3 Å². The van der Waals surface area contributed by atoms with E-state index >= 15 is 0 Å². The maximum atomic E-state index is 12.9. The number of benzene rings is 2. The number of rotatable bonds is 6. The number of amides is 1. The third-order valence-electron chi connectivity index (χ3n) is 5.61. The molecule has 0 bridgehead atoms.